The van der Waals surface area contributed by atoms with Crippen molar-refractivity contribution in [3.05, 3.63) is 40.3 Å². The minimum atomic E-state index is 0.320. The third-order valence-corrected chi connectivity index (χ3v) is 3.83. The largest absolute Gasteiger partial charge is 0.493 e. The van der Waals surface area contributed by atoms with Gasteiger partial charge in [-0.15, -0.1) is 11.3 Å². The minimum Gasteiger partial charge on any atom is -0.493 e. The maximum Gasteiger partial charge on any atom is 0.160 e. The molecule has 96 valence electrons. The van der Waals surface area contributed by atoms with Crippen molar-refractivity contribution in [2.75, 3.05) is 12.4 Å². The molecule has 2 rings (SSSR count). The van der Waals surface area contributed by atoms with Crippen molar-refractivity contribution in [2.24, 2.45) is 0 Å². The molecule has 1 N–H and O–H groups in total. The molecule has 1 atom stereocenters. The summed E-state index contributed by atoms with van der Waals surface area (Å²) in [4.78, 5) is 5.59. The van der Waals surface area contributed by atoms with E-state index in [2.05, 4.69) is 34.7 Å². The van der Waals surface area contributed by atoms with Gasteiger partial charge in [-0.05, 0) is 30.9 Å². The maximum absolute atomic E-state index is 5.34. The van der Waals surface area contributed by atoms with Crippen molar-refractivity contribution in [1.29, 1.82) is 0 Å². The van der Waals surface area contributed by atoms with Crippen LogP contribution in [0.15, 0.2) is 29.8 Å². The molecule has 0 fully saturated rings. The van der Waals surface area contributed by atoms with Crippen molar-refractivity contribution < 1.29 is 4.74 Å². The fraction of sp³-hybridized carbons (Fsp3) is 0.357. The van der Waals surface area contributed by atoms with Gasteiger partial charge in [0, 0.05) is 10.6 Å². The number of hydrogen-bond acceptors (Lipinski definition) is 4. The second-order valence-corrected chi connectivity index (χ2v) is 5.13. The first-order valence-corrected chi connectivity index (χ1v) is 6.93. The van der Waals surface area contributed by atoms with Crippen LogP contribution in [0.3, 0.4) is 0 Å². The number of thiophene rings is 1. The number of pyridine rings is 1. The number of aromatic nitrogens is 1. The second kappa shape index (κ2) is 5.87. The van der Waals surface area contributed by atoms with E-state index in [1.807, 2.05) is 13.0 Å². The van der Waals surface area contributed by atoms with E-state index in [1.54, 1.807) is 24.6 Å². The van der Waals surface area contributed by atoms with E-state index < -0.39 is 0 Å². The number of nitrogens with zero attached hydrogens (tertiary/aromatic N) is 1. The van der Waals surface area contributed by atoms with Crippen molar-refractivity contribution in [3.63, 3.8) is 0 Å². The Morgan fingerprint density at radius 2 is 2.33 bits per heavy atom. The molecule has 0 spiro atoms. The summed E-state index contributed by atoms with van der Waals surface area (Å²) in [6, 6.07) is 6.58. The lowest BCUT2D eigenvalue weighted by atomic mass is 10.1. The molecule has 2 aromatic rings. The second-order valence-electron chi connectivity index (χ2n) is 4.15. The summed E-state index contributed by atoms with van der Waals surface area (Å²) in [5.74, 6) is 0.788. The van der Waals surface area contributed by atoms with E-state index in [9.17, 15) is 0 Å². The van der Waals surface area contributed by atoms with Gasteiger partial charge in [0.2, 0.25) is 0 Å². The predicted octanol–water partition coefficient (Wildman–Crippen LogP) is 4.02. The average Bonchev–Trinajstić information content (AvgIpc) is 2.90. The van der Waals surface area contributed by atoms with Gasteiger partial charge in [-0.25, -0.2) is 0 Å². The summed E-state index contributed by atoms with van der Waals surface area (Å²) in [6.07, 6.45) is 2.80. The zero-order valence-corrected chi connectivity index (χ0v) is 11.8. The van der Waals surface area contributed by atoms with E-state index in [-0.39, 0.29) is 0 Å². The van der Waals surface area contributed by atoms with Gasteiger partial charge in [-0.2, -0.15) is 0 Å². The predicted molar refractivity (Wildman–Crippen MR) is 76.5 cm³/mol. The van der Waals surface area contributed by atoms with Gasteiger partial charge in [0.15, 0.2) is 5.75 Å². The highest BCUT2D eigenvalue weighted by molar-refractivity contribution is 7.10. The summed E-state index contributed by atoms with van der Waals surface area (Å²) >= 11 is 1.77. The monoisotopic (exact) mass is 262 g/mol. The Labute approximate surface area is 112 Å². The number of anilines is 1. The quantitative estimate of drug-likeness (QED) is 0.883. The Hall–Kier alpha value is -1.55. The smallest absolute Gasteiger partial charge is 0.160 e. The Kier molecular flexibility index (Phi) is 4.20. The van der Waals surface area contributed by atoms with Gasteiger partial charge in [0.1, 0.15) is 0 Å². The Morgan fingerprint density at radius 1 is 1.50 bits per heavy atom. The first-order chi connectivity index (χ1) is 8.74. The highest BCUT2D eigenvalue weighted by atomic mass is 32.1. The highest BCUT2D eigenvalue weighted by Gasteiger charge is 2.13. The molecule has 18 heavy (non-hydrogen) atoms. The fourth-order valence-electron chi connectivity index (χ4n) is 1.87. The summed E-state index contributed by atoms with van der Waals surface area (Å²) in [6.45, 7) is 4.16. The molecule has 0 aliphatic carbocycles. The number of rotatable bonds is 5. The van der Waals surface area contributed by atoms with Crippen molar-refractivity contribution in [2.45, 2.75) is 26.3 Å². The van der Waals surface area contributed by atoms with Crippen LogP contribution in [0.1, 0.15) is 30.0 Å². The molecule has 2 heterocycles. The summed E-state index contributed by atoms with van der Waals surface area (Å²) in [5.41, 5.74) is 1.99. The first-order valence-electron chi connectivity index (χ1n) is 6.05. The third-order valence-electron chi connectivity index (χ3n) is 2.85. The molecule has 0 saturated carbocycles. The van der Waals surface area contributed by atoms with Crippen LogP contribution in [-0.4, -0.2) is 12.1 Å². The summed E-state index contributed by atoms with van der Waals surface area (Å²) < 4.78 is 5.34. The molecule has 0 aromatic carbocycles. The lowest BCUT2D eigenvalue weighted by Gasteiger charge is -2.19. The molecule has 0 bridgehead atoms. The van der Waals surface area contributed by atoms with Crippen molar-refractivity contribution in [3.8, 4) is 5.75 Å². The van der Waals surface area contributed by atoms with Crippen LogP contribution >= 0.6 is 11.3 Å². The molecule has 0 aliphatic rings. The summed E-state index contributed by atoms with van der Waals surface area (Å²) in [7, 11) is 1.67. The molecule has 0 radical (unpaired) electrons. The molecule has 1 unspecified atom stereocenters. The Balaban J connectivity index is 2.24. The lowest BCUT2D eigenvalue weighted by molar-refractivity contribution is 0.414. The average molecular weight is 262 g/mol. The maximum atomic E-state index is 5.34. The van der Waals surface area contributed by atoms with Gasteiger partial charge in [0.05, 0.1) is 25.0 Å². The SMILES string of the molecule is CCC(Nc1cc(C)ncc1OC)c1cccs1. The molecule has 3 nitrogen and oxygen atoms in total. The van der Waals surface area contributed by atoms with Gasteiger partial charge in [-0.1, -0.05) is 13.0 Å². The van der Waals surface area contributed by atoms with E-state index in [0.29, 0.717) is 6.04 Å². The van der Waals surface area contributed by atoms with Crippen LogP contribution in [-0.2, 0) is 0 Å². The van der Waals surface area contributed by atoms with E-state index in [4.69, 9.17) is 4.74 Å². The molecule has 0 aliphatic heterocycles. The van der Waals surface area contributed by atoms with Gasteiger partial charge >= 0.3 is 0 Å². The number of methoxy groups -OCH3 is 1. The van der Waals surface area contributed by atoms with Gasteiger partial charge in [0.25, 0.3) is 0 Å². The zero-order chi connectivity index (χ0) is 13.0. The highest BCUT2D eigenvalue weighted by Crippen LogP contribution is 2.31. The van der Waals surface area contributed by atoms with Crippen LogP contribution in [0.25, 0.3) is 0 Å². The fourth-order valence-corrected chi connectivity index (χ4v) is 2.74. The number of aryl methyl sites for hydroxylation is 1. The number of nitrogens with one attached hydrogen (secondary N) is 1. The molecule has 2 aromatic heterocycles. The number of ether oxygens (including phenoxy) is 1. The summed E-state index contributed by atoms with van der Waals surface area (Å²) in [5, 5.41) is 5.64. The van der Waals surface area contributed by atoms with E-state index in [1.165, 1.54) is 4.88 Å². The van der Waals surface area contributed by atoms with Crippen LogP contribution < -0.4 is 10.1 Å². The molecular weight excluding hydrogens is 244 g/mol. The van der Waals surface area contributed by atoms with E-state index in [0.717, 1.165) is 23.6 Å². The Morgan fingerprint density at radius 3 is 2.94 bits per heavy atom. The van der Waals surface area contributed by atoms with Crippen LogP contribution in [0.5, 0.6) is 5.75 Å². The molecule has 0 saturated heterocycles. The topological polar surface area (TPSA) is 34.2 Å². The van der Waals surface area contributed by atoms with Crippen molar-refractivity contribution >= 4 is 17.0 Å². The van der Waals surface area contributed by atoms with Crippen LogP contribution in [0.2, 0.25) is 0 Å². The third kappa shape index (κ3) is 2.82. The minimum absolute atomic E-state index is 0.320. The first kappa shape index (κ1) is 12.9. The lowest BCUT2D eigenvalue weighted by Crippen LogP contribution is -2.09. The normalized spacial score (nSPS) is 12.2. The zero-order valence-electron chi connectivity index (χ0n) is 10.9. The van der Waals surface area contributed by atoms with Gasteiger partial charge < -0.3 is 10.1 Å². The molecular formula is C14H18N2OS. The van der Waals surface area contributed by atoms with Gasteiger partial charge in [-0.3, -0.25) is 4.98 Å². The Bertz CT molecular complexity index is 497. The number of hydrogen-bond donors (Lipinski definition) is 1. The molecule has 0 amide bonds. The standard InChI is InChI=1S/C14H18N2OS/c1-4-11(14-6-5-7-18-14)16-12-8-10(2)15-9-13(12)17-3/h5-9,11H,4H2,1-3H3,(H,15,16). The van der Waals surface area contributed by atoms with Crippen LogP contribution in [0, 0.1) is 6.92 Å². The van der Waals surface area contributed by atoms with Crippen LogP contribution in [0.4, 0.5) is 5.69 Å². The van der Waals surface area contributed by atoms with E-state index >= 15 is 0 Å². The molecule has 4 heteroatoms. The van der Waals surface area contributed by atoms with Crippen molar-refractivity contribution in [1.82, 2.24) is 4.98 Å².